The lowest BCUT2D eigenvalue weighted by Crippen LogP contribution is -2.25. The van der Waals surface area contributed by atoms with Crippen LogP contribution in [-0.4, -0.2) is 36.3 Å². The number of nitrogens with one attached hydrogen (secondary N) is 1. The van der Waals surface area contributed by atoms with Crippen LogP contribution < -0.4 is 10.1 Å². The van der Waals surface area contributed by atoms with Gasteiger partial charge in [0.1, 0.15) is 5.56 Å². The van der Waals surface area contributed by atoms with Gasteiger partial charge in [0.25, 0.3) is 5.91 Å². The van der Waals surface area contributed by atoms with Gasteiger partial charge in [-0.15, -0.1) is 0 Å². The van der Waals surface area contributed by atoms with E-state index in [9.17, 15) is 4.79 Å². The van der Waals surface area contributed by atoms with Gasteiger partial charge in [0.05, 0.1) is 7.11 Å². The molecule has 1 unspecified atom stereocenters. The lowest BCUT2D eigenvalue weighted by atomic mass is 10.1. The van der Waals surface area contributed by atoms with E-state index in [0.717, 1.165) is 12.8 Å². The van der Waals surface area contributed by atoms with Crippen LogP contribution in [0.4, 0.5) is 0 Å². The summed E-state index contributed by atoms with van der Waals surface area (Å²) in [7, 11) is 1.49. The van der Waals surface area contributed by atoms with E-state index in [2.05, 4.69) is 10.3 Å². The summed E-state index contributed by atoms with van der Waals surface area (Å²) in [6, 6.07) is 3.38. The standard InChI is InChI=1S/C13H20N2O3/c1-10(9-16)5-3-7-14-12(17)11-6-4-8-15-13(11)18-2/h4,6,8,10,16H,3,5,7,9H2,1-2H3,(H,14,17). The molecule has 0 aliphatic rings. The fraction of sp³-hybridized carbons (Fsp3) is 0.538. The molecule has 1 heterocycles. The van der Waals surface area contributed by atoms with Gasteiger partial charge in [-0.25, -0.2) is 4.98 Å². The van der Waals surface area contributed by atoms with E-state index in [1.807, 2.05) is 6.92 Å². The van der Waals surface area contributed by atoms with Crippen molar-refractivity contribution in [3.63, 3.8) is 0 Å². The number of aliphatic hydroxyl groups is 1. The van der Waals surface area contributed by atoms with Gasteiger partial charge in [0.2, 0.25) is 5.88 Å². The number of hydrogen-bond acceptors (Lipinski definition) is 4. The number of aromatic nitrogens is 1. The maximum atomic E-state index is 11.9. The van der Waals surface area contributed by atoms with Crippen molar-refractivity contribution >= 4 is 5.91 Å². The summed E-state index contributed by atoms with van der Waals surface area (Å²) in [6.07, 6.45) is 3.32. The molecule has 1 amide bonds. The molecule has 1 aromatic rings. The number of hydrogen-bond donors (Lipinski definition) is 2. The molecule has 1 aromatic heterocycles. The third-order valence-corrected chi connectivity index (χ3v) is 2.68. The molecular formula is C13H20N2O3. The molecule has 0 saturated heterocycles. The molecule has 0 aliphatic heterocycles. The lowest BCUT2D eigenvalue weighted by molar-refractivity contribution is 0.0948. The topological polar surface area (TPSA) is 71.5 Å². The molecule has 0 fully saturated rings. The second-order valence-electron chi connectivity index (χ2n) is 4.25. The fourth-order valence-corrected chi connectivity index (χ4v) is 1.57. The average molecular weight is 252 g/mol. The number of pyridine rings is 1. The quantitative estimate of drug-likeness (QED) is 0.716. The fourth-order valence-electron chi connectivity index (χ4n) is 1.57. The van der Waals surface area contributed by atoms with Crippen LogP contribution in [0, 0.1) is 5.92 Å². The predicted molar refractivity (Wildman–Crippen MR) is 68.6 cm³/mol. The maximum absolute atomic E-state index is 11.9. The van der Waals surface area contributed by atoms with Crippen LogP contribution in [0.25, 0.3) is 0 Å². The van der Waals surface area contributed by atoms with Crippen LogP contribution in [0.3, 0.4) is 0 Å². The largest absolute Gasteiger partial charge is 0.480 e. The van der Waals surface area contributed by atoms with Crippen molar-refractivity contribution in [2.24, 2.45) is 5.92 Å². The highest BCUT2D eigenvalue weighted by atomic mass is 16.5. The summed E-state index contributed by atoms with van der Waals surface area (Å²) in [4.78, 5) is 15.8. The van der Waals surface area contributed by atoms with Crippen molar-refractivity contribution in [3.05, 3.63) is 23.9 Å². The van der Waals surface area contributed by atoms with Crippen LogP contribution in [0.5, 0.6) is 5.88 Å². The minimum Gasteiger partial charge on any atom is -0.480 e. The van der Waals surface area contributed by atoms with Gasteiger partial charge in [0, 0.05) is 19.3 Å². The van der Waals surface area contributed by atoms with Gasteiger partial charge in [-0.2, -0.15) is 0 Å². The van der Waals surface area contributed by atoms with Crippen LogP contribution >= 0.6 is 0 Å². The Bertz CT molecular complexity index is 382. The molecule has 0 saturated carbocycles. The lowest BCUT2D eigenvalue weighted by Gasteiger charge is -2.09. The number of carbonyl (C=O) groups excluding carboxylic acids is 1. The molecule has 18 heavy (non-hydrogen) atoms. The van der Waals surface area contributed by atoms with Crippen molar-refractivity contribution in [2.75, 3.05) is 20.3 Å². The molecule has 2 N–H and O–H groups in total. The zero-order valence-electron chi connectivity index (χ0n) is 10.8. The molecule has 0 aromatic carbocycles. The minimum absolute atomic E-state index is 0.184. The van der Waals surface area contributed by atoms with Crippen LogP contribution in [0.2, 0.25) is 0 Å². The number of rotatable bonds is 7. The molecule has 0 spiro atoms. The Morgan fingerprint density at radius 2 is 2.39 bits per heavy atom. The summed E-state index contributed by atoms with van der Waals surface area (Å²) < 4.78 is 5.02. The molecule has 5 nitrogen and oxygen atoms in total. The molecule has 0 radical (unpaired) electrons. The molecule has 1 rings (SSSR count). The summed E-state index contributed by atoms with van der Waals surface area (Å²) in [5.74, 6) is 0.421. The molecule has 5 heteroatoms. The number of aliphatic hydroxyl groups excluding tert-OH is 1. The Morgan fingerprint density at radius 1 is 1.61 bits per heavy atom. The van der Waals surface area contributed by atoms with E-state index >= 15 is 0 Å². The summed E-state index contributed by atoms with van der Waals surface area (Å²) in [6.45, 7) is 2.75. The van der Waals surface area contributed by atoms with Crippen molar-refractivity contribution < 1.29 is 14.6 Å². The van der Waals surface area contributed by atoms with Gasteiger partial charge in [-0.1, -0.05) is 6.92 Å². The van der Waals surface area contributed by atoms with E-state index in [4.69, 9.17) is 9.84 Å². The van der Waals surface area contributed by atoms with Crippen LogP contribution in [0.1, 0.15) is 30.1 Å². The monoisotopic (exact) mass is 252 g/mol. The Kier molecular flexibility index (Phi) is 6.14. The highest BCUT2D eigenvalue weighted by molar-refractivity contribution is 5.96. The summed E-state index contributed by atoms with van der Waals surface area (Å²) >= 11 is 0. The Morgan fingerprint density at radius 3 is 3.06 bits per heavy atom. The van der Waals surface area contributed by atoms with Crippen molar-refractivity contribution in [3.8, 4) is 5.88 Å². The van der Waals surface area contributed by atoms with E-state index in [-0.39, 0.29) is 18.4 Å². The van der Waals surface area contributed by atoms with Crippen molar-refractivity contribution in [1.82, 2.24) is 10.3 Å². The number of methoxy groups -OCH3 is 1. The van der Waals surface area contributed by atoms with E-state index in [1.165, 1.54) is 7.11 Å². The smallest absolute Gasteiger partial charge is 0.256 e. The number of nitrogens with zero attached hydrogens (tertiary/aromatic N) is 1. The second-order valence-corrected chi connectivity index (χ2v) is 4.25. The van der Waals surface area contributed by atoms with Gasteiger partial charge >= 0.3 is 0 Å². The first-order chi connectivity index (χ1) is 8.69. The predicted octanol–water partition coefficient (Wildman–Crippen LogP) is 1.23. The van der Waals surface area contributed by atoms with Crippen LogP contribution in [0.15, 0.2) is 18.3 Å². The Balaban J connectivity index is 2.41. The highest BCUT2D eigenvalue weighted by Gasteiger charge is 2.11. The normalized spacial score (nSPS) is 11.9. The van der Waals surface area contributed by atoms with Gasteiger partial charge in [0.15, 0.2) is 0 Å². The maximum Gasteiger partial charge on any atom is 0.256 e. The summed E-state index contributed by atoms with van der Waals surface area (Å²) in [5.41, 5.74) is 0.440. The number of amides is 1. The Hall–Kier alpha value is -1.62. The molecule has 0 bridgehead atoms. The van der Waals surface area contributed by atoms with E-state index in [1.54, 1.807) is 18.3 Å². The molecule has 100 valence electrons. The van der Waals surface area contributed by atoms with Gasteiger partial charge < -0.3 is 15.2 Å². The first-order valence-corrected chi connectivity index (χ1v) is 6.07. The Labute approximate surface area is 107 Å². The van der Waals surface area contributed by atoms with E-state index < -0.39 is 0 Å². The molecular weight excluding hydrogens is 232 g/mol. The first-order valence-electron chi connectivity index (χ1n) is 6.07. The SMILES string of the molecule is COc1ncccc1C(=O)NCCCC(C)CO. The first kappa shape index (κ1) is 14.4. The minimum atomic E-state index is -0.184. The average Bonchev–Trinajstić information content (AvgIpc) is 2.42. The van der Waals surface area contributed by atoms with E-state index in [0.29, 0.717) is 18.0 Å². The molecule has 1 atom stereocenters. The third-order valence-electron chi connectivity index (χ3n) is 2.68. The zero-order chi connectivity index (χ0) is 13.4. The number of carbonyl (C=O) groups is 1. The van der Waals surface area contributed by atoms with Crippen molar-refractivity contribution in [2.45, 2.75) is 19.8 Å². The third kappa shape index (κ3) is 4.33. The van der Waals surface area contributed by atoms with Gasteiger partial charge in [-0.3, -0.25) is 4.79 Å². The second kappa shape index (κ2) is 7.66. The number of ether oxygens (including phenoxy) is 1. The zero-order valence-corrected chi connectivity index (χ0v) is 10.8. The summed E-state index contributed by atoms with van der Waals surface area (Å²) in [5, 5.41) is 11.7. The van der Waals surface area contributed by atoms with Crippen molar-refractivity contribution in [1.29, 1.82) is 0 Å². The van der Waals surface area contributed by atoms with Crippen LogP contribution in [-0.2, 0) is 0 Å². The molecule has 0 aliphatic carbocycles. The highest BCUT2D eigenvalue weighted by Crippen LogP contribution is 2.13. The van der Waals surface area contributed by atoms with Gasteiger partial charge in [-0.05, 0) is 30.9 Å².